The number of hydrogen-bond acceptors (Lipinski definition) is 3. The first kappa shape index (κ1) is 10.7. The third-order valence-electron chi connectivity index (χ3n) is 2.49. The van der Waals surface area contributed by atoms with E-state index in [1.165, 1.54) is 4.90 Å². The molecule has 1 atom stereocenters. The van der Waals surface area contributed by atoms with Crippen LogP contribution in [-0.4, -0.2) is 36.7 Å². The number of likely N-dealkylation sites (N-methyl/N-ethyl adjacent to an activating group) is 1. The Kier molecular flexibility index (Phi) is 2.90. The molecule has 4 heteroatoms. The average Bonchev–Trinajstić information content (AvgIpc) is 2.78. The van der Waals surface area contributed by atoms with Crippen LogP contribution in [0.4, 0.5) is 0 Å². The minimum Gasteiger partial charge on any atom is -0.382 e. The van der Waals surface area contributed by atoms with Crippen LogP contribution in [0.25, 0.3) is 0 Å². The fourth-order valence-corrected chi connectivity index (χ4v) is 1.60. The molecule has 1 amide bonds. The molecular weight excluding hydrogens is 204 g/mol. The van der Waals surface area contributed by atoms with Crippen molar-refractivity contribution in [1.29, 1.82) is 0 Å². The second-order valence-corrected chi connectivity index (χ2v) is 3.93. The highest BCUT2D eigenvalue weighted by Crippen LogP contribution is 2.17. The van der Waals surface area contributed by atoms with E-state index in [9.17, 15) is 4.79 Å². The summed E-state index contributed by atoms with van der Waals surface area (Å²) in [7, 11) is 3.43. The number of amides is 1. The summed E-state index contributed by atoms with van der Waals surface area (Å²) in [6.07, 6.45) is 0.0753. The maximum absolute atomic E-state index is 11.6. The maximum atomic E-state index is 11.6. The van der Waals surface area contributed by atoms with Crippen LogP contribution >= 0.6 is 0 Å². The van der Waals surface area contributed by atoms with Crippen LogP contribution in [0, 0.1) is 0 Å². The van der Waals surface area contributed by atoms with Crippen molar-refractivity contribution in [2.75, 3.05) is 14.1 Å². The van der Waals surface area contributed by atoms with Crippen molar-refractivity contribution in [3.8, 4) is 0 Å². The first-order valence-electron chi connectivity index (χ1n) is 5.18. The molecule has 1 aromatic carbocycles. The first-order valence-corrected chi connectivity index (χ1v) is 5.18. The lowest BCUT2D eigenvalue weighted by Gasteiger charge is -2.13. The standard InChI is InChI=1S/C12H14N2O2/c1-14(2)12(15)11-8-10(13-16-11)9-6-4-3-5-7-9/h3-7,11H,8H2,1-2H3. The molecule has 0 saturated carbocycles. The number of nitrogens with zero attached hydrogens (tertiary/aromatic N) is 2. The van der Waals surface area contributed by atoms with Gasteiger partial charge in [0.25, 0.3) is 5.91 Å². The third-order valence-corrected chi connectivity index (χ3v) is 2.49. The molecule has 0 bridgehead atoms. The van der Waals surface area contributed by atoms with Crippen LogP contribution < -0.4 is 0 Å². The molecule has 0 saturated heterocycles. The number of rotatable bonds is 2. The number of hydrogen-bond donors (Lipinski definition) is 0. The summed E-state index contributed by atoms with van der Waals surface area (Å²) in [5.74, 6) is -0.0466. The van der Waals surface area contributed by atoms with Gasteiger partial charge in [-0.25, -0.2) is 0 Å². The second kappa shape index (κ2) is 4.35. The molecule has 1 unspecified atom stereocenters. The third kappa shape index (κ3) is 2.05. The van der Waals surface area contributed by atoms with Gasteiger partial charge in [0, 0.05) is 20.5 Å². The van der Waals surface area contributed by atoms with Gasteiger partial charge in [0.1, 0.15) is 0 Å². The van der Waals surface area contributed by atoms with Crippen molar-refractivity contribution < 1.29 is 9.63 Å². The van der Waals surface area contributed by atoms with E-state index in [0.29, 0.717) is 6.42 Å². The summed E-state index contributed by atoms with van der Waals surface area (Å²) in [6.45, 7) is 0. The highest BCUT2D eigenvalue weighted by atomic mass is 16.6. The molecule has 0 radical (unpaired) electrons. The van der Waals surface area contributed by atoms with Crippen molar-refractivity contribution in [2.45, 2.75) is 12.5 Å². The molecule has 16 heavy (non-hydrogen) atoms. The normalized spacial score (nSPS) is 18.9. The van der Waals surface area contributed by atoms with E-state index in [-0.39, 0.29) is 5.91 Å². The van der Waals surface area contributed by atoms with Crippen molar-refractivity contribution in [3.63, 3.8) is 0 Å². The summed E-state index contributed by atoms with van der Waals surface area (Å²) < 4.78 is 0. The van der Waals surface area contributed by atoms with E-state index >= 15 is 0 Å². The molecule has 2 rings (SSSR count). The van der Waals surface area contributed by atoms with Crippen molar-refractivity contribution >= 4 is 11.6 Å². The van der Waals surface area contributed by atoms with Crippen LogP contribution in [-0.2, 0) is 9.63 Å². The summed E-state index contributed by atoms with van der Waals surface area (Å²) >= 11 is 0. The summed E-state index contributed by atoms with van der Waals surface area (Å²) in [5, 5.41) is 3.96. The lowest BCUT2D eigenvalue weighted by Crippen LogP contribution is -2.33. The van der Waals surface area contributed by atoms with Gasteiger partial charge in [-0.15, -0.1) is 0 Å². The largest absolute Gasteiger partial charge is 0.382 e. The van der Waals surface area contributed by atoms with Gasteiger partial charge < -0.3 is 9.74 Å². The van der Waals surface area contributed by atoms with E-state index in [1.807, 2.05) is 30.3 Å². The van der Waals surface area contributed by atoms with Crippen LogP contribution in [0.5, 0.6) is 0 Å². The molecule has 1 aromatic rings. The topological polar surface area (TPSA) is 41.9 Å². The summed E-state index contributed by atoms with van der Waals surface area (Å²) in [5.41, 5.74) is 1.84. The van der Waals surface area contributed by atoms with E-state index in [2.05, 4.69) is 5.16 Å². The Balaban J connectivity index is 2.06. The highest BCUT2D eigenvalue weighted by Gasteiger charge is 2.29. The Hall–Kier alpha value is -1.84. The number of benzene rings is 1. The van der Waals surface area contributed by atoms with Gasteiger partial charge >= 0.3 is 0 Å². The van der Waals surface area contributed by atoms with E-state index in [0.717, 1.165) is 11.3 Å². The molecule has 1 aliphatic rings. The van der Waals surface area contributed by atoms with Crippen LogP contribution in [0.15, 0.2) is 35.5 Å². The van der Waals surface area contributed by atoms with Crippen LogP contribution in [0.2, 0.25) is 0 Å². The number of carbonyl (C=O) groups is 1. The monoisotopic (exact) mass is 218 g/mol. The zero-order valence-electron chi connectivity index (χ0n) is 9.38. The zero-order valence-corrected chi connectivity index (χ0v) is 9.38. The molecule has 1 heterocycles. The Morgan fingerprint density at radius 1 is 1.38 bits per heavy atom. The quantitative estimate of drug-likeness (QED) is 0.750. The number of oxime groups is 1. The molecule has 84 valence electrons. The molecule has 1 aliphatic heterocycles. The summed E-state index contributed by atoms with van der Waals surface area (Å²) in [4.78, 5) is 18.3. The lowest BCUT2D eigenvalue weighted by atomic mass is 10.0. The molecule has 0 spiro atoms. The van der Waals surface area contributed by atoms with Crippen molar-refractivity contribution in [2.24, 2.45) is 5.16 Å². The van der Waals surface area contributed by atoms with Gasteiger partial charge in [0.2, 0.25) is 6.10 Å². The molecule has 0 aromatic heterocycles. The van der Waals surface area contributed by atoms with E-state index in [1.54, 1.807) is 14.1 Å². The highest BCUT2D eigenvalue weighted by molar-refractivity contribution is 6.03. The fraction of sp³-hybridized carbons (Fsp3) is 0.333. The van der Waals surface area contributed by atoms with Crippen molar-refractivity contribution in [3.05, 3.63) is 35.9 Å². The number of carbonyl (C=O) groups excluding carboxylic acids is 1. The predicted octanol–water partition coefficient (Wildman–Crippen LogP) is 1.27. The minimum atomic E-state index is -0.467. The smallest absolute Gasteiger partial charge is 0.266 e. The van der Waals surface area contributed by atoms with Gasteiger partial charge in [-0.1, -0.05) is 35.5 Å². The SMILES string of the molecule is CN(C)C(=O)C1CC(c2ccccc2)=NO1. The van der Waals surface area contributed by atoms with Gasteiger partial charge in [-0.2, -0.15) is 0 Å². The fourth-order valence-electron chi connectivity index (χ4n) is 1.60. The second-order valence-electron chi connectivity index (χ2n) is 3.93. The van der Waals surface area contributed by atoms with Crippen LogP contribution in [0.3, 0.4) is 0 Å². The van der Waals surface area contributed by atoms with Gasteiger partial charge in [0.05, 0.1) is 5.71 Å². The Morgan fingerprint density at radius 2 is 2.06 bits per heavy atom. The van der Waals surface area contributed by atoms with Gasteiger partial charge in [-0.3, -0.25) is 4.79 Å². The minimum absolute atomic E-state index is 0.0466. The van der Waals surface area contributed by atoms with Crippen LogP contribution in [0.1, 0.15) is 12.0 Å². The zero-order chi connectivity index (χ0) is 11.5. The molecule has 0 N–H and O–H groups in total. The Morgan fingerprint density at radius 3 is 2.69 bits per heavy atom. The molecule has 4 nitrogen and oxygen atoms in total. The Labute approximate surface area is 94.5 Å². The van der Waals surface area contributed by atoms with E-state index < -0.39 is 6.10 Å². The Bertz CT molecular complexity index is 412. The lowest BCUT2D eigenvalue weighted by molar-refractivity contribution is -0.139. The van der Waals surface area contributed by atoms with E-state index in [4.69, 9.17) is 4.84 Å². The molecule has 0 aliphatic carbocycles. The summed E-state index contributed by atoms with van der Waals surface area (Å²) in [6, 6.07) is 9.76. The maximum Gasteiger partial charge on any atom is 0.266 e. The van der Waals surface area contributed by atoms with Gasteiger partial charge in [0.15, 0.2) is 0 Å². The molecule has 0 fully saturated rings. The molecular formula is C12H14N2O2. The predicted molar refractivity (Wildman–Crippen MR) is 61.2 cm³/mol. The van der Waals surface area contributed by atoms with Crippen molar-refractivity contribution in [1.82, 2.24) is 4.90 Å². The first-order chi connectivity index (χ1) is 7.68. The average molecular weight is 218 g/mol. The van der Waals surface area contributed by atoms with Gasteiger partial charge in [-0.05, 0) is 5.56 Å².